The molecule has 1 aliphatic heterocycles. The molecule has 2 aromatic rings. The van der Waals surface area contributed by atoms with Gasteiger partial charge in [0.05, 0.1) is 11.5 Å². The molecule has 0 aliphatic carbocycles. The first-order chi connectivity index (χ1) is 13.0. The monoisotopic (exact) mass is 366 g/mol. The van der Waals surface area contributed by atoms with Crippen LogP contribution in [0.4, 0.5) is 0 Å². The van der Waals surface area contributed by atoms with Crippen molar-refractivity contribution in [1.29, 1.82) is 0 Å². The lowest BCUT2D eigenvalue weighted by Gasteiger charge is -2.25. The van der Waals surface area contributed by atoms with Gasteiger partial charge in [0.25, 0.3) is 5.91 Å². The van der Waals surface area contributed by atoms with E-state index in [9.17, 15) is 14.7 Å². The average molecular weight is 366 g/mol. The van der Waals surface area contributed by atoms with E-state index < -0.39 is 0 Å². The van der Waals surface area contributed by atoms with Crippen molar-refractivity contribution in [2.75, 3.05) is 26.2 Å². The van der Waals surface area contributed by atoms with Gasteiger partial charge in [0, 0.05) is 26.2 Å². The van der Waals surface area contributed by atoms with Gasteiger partial charge in [-0.15, -0.1) is 0 Å². The lowest BCUT2D eigenvalue weighted by Crippen LogP contribution is -2.39. The van der Waals surface area contributed by atoms with E-state index in [0.29, 0.717) is 37.3 Å². The van der Waals surface area contributed by atoms with E-state index in [2.05, 4.69) is 0 Å². The number of phenols is 1. The van der Waals surface area contributed by atoms with Crippen LogP contribution >= 0.6 is 0 Å². The molecule has 1 atom stereocenters. The van der Waals surface area contributed by atoms with Gasteiger partial charge >= 0.3 is 0 Å². The lowest BCUT2D eigenvalue weighted by atomic mass is 10.00. The highest BCUT2D eigenvalue weighted by Crippen LogP contribution is 2.24. The normalized spacial score (nSPS) is 15.9. The number of nitrogens with zero attached hydrogens (tertiary/aromatic N) is 2. The molecule has 5 heteroatoms. The van der Waals surface area contributed by atoms with E-state index in [-0.39, 0.29) is 23.5 Å². The van der Waals surface area contributed by atoms with Gasteiger partial charge in [-0.2, -0.15) is 0 Å². The number of aromatic hydroxyl groups is 1. The molecule has 5 nitrogen and oxygen atoms in total. The summed E-state index contributed by atoms with van der Waals surface area (Å²) in [7, 11) is 0. The molecule has 0 radical (unpaired) electrons. The van der Waals surface area contributed by atoms with Crippen molar-refractivity contribution >= 4 is 11.8 Å². The van der Waals surface area contributed by atoms with Gasteiger partial charge in [0.2, 0.25) is 5.91 Å². The molecule has 27 heavy (non-hydrogen) atoms. The lowest BCUT2D eigenvalue weighted by molar-refractivity contribution is -0.132. The first kappa shape index (κ1) is 19.0. The first-order valence-corrected chi connectivity index (χ1v) is 9.40. The Hall–Kier alpha value is -2.82. The number of aryl methyl sites for hydroxylation is 1. The molecule has 142 valence electrons. The minimum atomic E-state index is -0.200. The van der Waals surface area contributed by atoms with Crippen LogP contribution in [0.5, 0.6) is 5.75 Å². The Morgan fingerprint density at radius 2 is 1.59 bits per heavy atom. The zero-order valence-electron chi connectivity index (χ0n) is 15.9. The zero-order valence-corrected chi connectivity index (χ0v) is 15.9. The van der Waals surface area contributed by atoms with Crippen LogP contribution in [0.1, 0.15) is 40.7 Å². The summed E-state index contributed by atoms with van der Waals surface area (Å²) in [6.45, 7) is 5.90. The van der Waals surface area contributed by atoms with E-state index in [1.165, 1.54) is 0 Å². The summed E-state index contributed by atoms with van der Waals surface area (Å²) in [5, 5.41) is 10.2. The molecule has 2 amide bonds. The summed E-state index contributed by atoms with van der Waals surface area (Å²) in [4.78, 5) is 29.3. The quantitative estimate of drug-likeness (QED) is 0.908. The van der Waals surface area contributed by atoms with Crippen LogP contribution in [0, 0.1) is 6.92 Å². The van der Waals surface area contributed by atoms with Crippen LogP contribution in [0.2, 0.25) is 0 Å². The molecule has 1 unspecified atom stereocenters. The third-order valence-electron chi connectivity index (χ3n) is 5.23. The fourth-order valence-electron chi connectivity index (χ4n) is 3.50. The highest BCUT2D eigenvalue weighted by atomic mass is 16.3. The molecular formula is C22H26N2O3. The number of hydrogen-bond donors (Lipinski definition) is 1. The van der Waals surface area contributed by atoms with Gasteiger partial charge in [0.1, 0.15) is 5.75 Å². The highest BCUT2D eigenvalue weighted by molar-refractivity contribution is 5.97. The molecule has 1 heterocycles. The fourth-order valence-corrected chi connectivity index (χ4v) is 3.50. The van der Waals surface area contributed by atoms with Crippen LogP contribution in [0.25, 0.3) is 0 Å². The SMILES string of the molecule is Cc1cccc(C(=O)N2CCCN(C(=O)C(C)c3ccccc3)CC2)c1O. The zero-order chi connectivity index (χ0) is 19.4. The van der Waals surface area contributed by atoms with E-state index in [0.717, 1.165) is 12.0 Å². The Balaban J connectivity index is 1.67. The molecule has 1 fully saturated rings. The maximum absolute atomic E-state index is 12.9. The number of rotatable bonds is 3. The van der Waals surface area contributed by atoms with Crippen LogP contribution in [0.15, 0.2) is 48.5 Å². The molecule has 2 aromatic carbocycles. The van der Waals surface area contributed by atoms with Crippen LogP contribution in [0.3, 0.4) is 0 Å². The Labute approximate surface area is 160 Å². The van der Waals surface area contributed by atoms with E-state index >= 15 is 0 Å². The predicted molar refractivity (Wildman–Crippen MR) is 105 cm³/mol. The van der Waals surface area contributed by atoms with E-state index in [1.807, 2.05) is 42.2 Å². The fraction of sp³-hybridized carbons (Fsp3) is 0.364. The van der Waals surface area contributed by atoms with Gasteiger partial charge in [0.15, 0.2) is 0 Å². The Kier molecular flexibility index (Phi) is 5.79. The number of hydrogen-bond acceptors (Lipinski definition) is 3. The molecule has 0 bridgehead atoms. The van der Waals surface area contributed by atoms with Crippen molar-refractivity contribution in [1.82, 2.24) is 9.80 Å². The van der Waals surface area contributed by atoms with Crippen LogP contribution in [-0.2, 0) is 4.79 Å². The Bertz CT molecular complexity index is 820. The molecular weight excluding hydrogens is 340 g/mol. The first-order valence-electron chi connectivity index (χ1n) is 9.40. The summed E-state index contributed by atoms with van der Waals surface area (Å²) in [6.07, 6.45) is 0.728. The van der Waals surface area contributed by atoms with Crippen molar-refractivity contribution in [2.24, 2.45) is 0 Å². The molecule has 0 aromatic heterocycles. The maximum atomic E-state index is 12.9. The van der Waals surface area contributed by atoms with Crippen molar-refractivity contribution in [2.45, 2.75) is 26.2 Å². The van der Waals surface area contributed by atoms with Gasteiger partial charge in [-0.1, -0.05) is 42.5 Å². The predicted octanol–water partition coefficient (Wildman–Crippen LogP) is 3.18. The summed E-state index contributed by atoms with van der Waals surface area (Å²) < 4.78 is 0. The third kappa shape index (κ3) is 4.13. The Morgan fingerprint density at radius 3 is 2.33 bits per heavy atom. The topological polar surface area (TPSA) is 60.9 Å². The number of carbonyl (C=O) groups excluding carboxylic acids is 2. The minimum Gasteiger partial charge on any atom is -0.507 e. The summed E-state index contributed by atoms with van der Waals surface area (Å²) in [5.41, 5.74) is 2.01. The second kappa shape index (κ2) is 8.25. The molecule has 1 N–H and O–H groups in total. The maximum Gasteiger partial charge on any atom is 0.257 e. The third-order valence-corrected chi connectivity index (χ3v) is 5.23. The number of para-hydroxylation sites is 1. The number of amides is 2. The molecule has 1 saturated heterocycles. The minimum absolute atomic E-state index is 0.0392. The van der Waals surface area contributed by atoms with E-state index in [4.69, 9.17) is 0 Å². The van der Waals surface area contributed by atoms with Crippen molar-refractivity contribution in [3.05, 3.63) is 65.2 Å². The standard InChI is InChI=1S/C22H26N2O3/c1-16-8-6-11-19(20(16)25)22(27)24-13-7-12-23(14-15-24)21(26)17(2)18-9-4-3-5-10-18/h3-6,8-11,17,25H,7,12-15H2,1-2H3. The number of benzene rings is 2. The van der Waals surface area contributed by atoms with Gasteiger partial charge < -0.3 is 14.9 Å². The Morgan fingerprint density at radius 1 is 0.926 bits per heavy atom. The van der Waals surface area contributed by atoms with Crippen molar-refractivity contribution < 1.29 is 14.7 Å². The van der Waals surface area contributed by atoms with Crippen LogP contribution in [-0.4, -0.2) is 52.9 Å². The van der Waals surface area contributed by atoms with Crippen molar-refractivity contribution in [3.63, 3.8) is 0 Å². The largest absolute Gasteiger partial charge is 0.507 e. The molecule has 1 aliphatic rings. The van der Waals surface area contributed by atoms with Gasteiger partial charge in [-0.25, -0.2) is 0 Å². The van der Waals surface area contributed by atoms with E-state index in [1.54, 1.807) is 30.0 Å². The smallest absolute Gasteiger partial charge is 0.257 e. The second-order valence-corrected chi connectivity index (χ2v) is 7.07. The number of phenolic OH excluding ortho intramolecular Hbond substituents is 1. The summed E-state index contributed by atoms with van der Waals surface area (Å²) in [5.74, 6) is -0.248. The van der Waals surface area contributed by atoms with Gasteiger partial charge in [-0.3, -0.25) is 9.59 Å². The average Bonchev–Trinajstić information content (AvgIpc) is 2.95. The molecule has 0 spiro atoms. The summed E-state index contributed by atoms with van der Waals surface area (Å²) >= 11 is 0. The van der Waals surface area contributed by atoms with Crippen LogP contribution < -0.4 is 0 Å². The second-order valence-electron chi connectivity index (χ2n) is 7.07. The summed E-state index contributed by atoms with van der Waals surface area (Å²) in [6, 6.07) is 15.0. The van der Waals surface area contributed by atoms with Gasteiger partial charge in [-0.05, 0) is 37.5 Å². The number of carbonyl (C=O) groups is 2. The molecule has 3 rings (SSSR count). The highest BCUT2D eigenvalue weighted by Gasteiger charge is 2.27. The molecule has 0 saturated carbocycles. The van der Waals surface area contributed by atoms with Crippen molar-refractivity contribution in [3.8, 4) is 5.75 Å².